The van der Waals surface area contributed by atoms with Crippen molar-refractivity contribution in [3.05, 3.63) is 223 Å². The van der Waals surface area contributed by atoms with Crippen LogP contribution < -0.4 is 4.90 Å². The number of rotatable bonds is 7. The monoisotopic (exact) mass is 755 g/mol. The van der Waals surface area contributed by atoms with E-state index in [2.05, 4.69) is 219 Å². The SMILES string of the molecule is CC1(C)c2ccccc2-c2cc(-c3ccccc3-c3ccccc3N(c3ccc(-c4cccc5c4oc4ccccc45)cc3)c3cccc(-c4ccccc4)c3)ccc21. The fourth-order valence-electron chi connectivity index (χ4n) is 9.40. The first kappa shape index (κ1) is 34.8. The maximum atomic E-state index is 6.46. The molecule has 9 aromatic carbocycles. The number of nitrogens with zero attached hydrogens (tertiary/aromatic N) is 1. The topological polar surface area (TPSA) is 16.4 Å². The molecule has 1 aromatic heterocycles. The van der Waals surface area contributed by atoms with Crippen molar-refractivity contribution in [2.45, 2.75) is 19.3 Å². The van der Waals surface area contributed by atoms with Gasteiger partial charge in [0.1, 0.15) is 11.2 Å². The van der Waals surface area contributed by atoms with Gasteiger partial charge in [0, 0.05) is 38.7 Å². The minimum absolute atomic E-state index is 0.0422. The molecule has 0 radical (unpaired) electrons. The van der Waals surface area contributed by atoms with Gasteiger partial charge in [0.2, 0.25) is 0 Å². The molecule has 0 fully saturated rings. The fourth-order valence-corrected chi connectivity index (χ4v) is 9.40. The fraction of sp³-hybridized carbons (Fsp3) is 0.0526. The van der Waals surface area contributed by atoms with Gasteiger partial charge in [0.25, 0.3) is 0 Å². The third kappa shape index (κ3) is 5.79. The molecule has 280 valence electrons. The number of benzene rings is 9. The van der Waals surface area contributed by atoms with E-state index in [4.69, 9.17) is 4.42 Å². The second-order valence-electron chi connectivity index (χ2n) is 16.1. The van der Waals surface area contributed by atoms with Crippen molar-refractivity contribution in [3.63, 3.8) is 0 Å². The summed E-state index contributed by atoms with van der Waals surface area (Å²) in [5.41, 5.74) is 19.7. The van der Waals surface area contributed by atoms with Crippen molar-refractivity contribution in [1.82, 2.24) is 0 Å². The average Bonchev–Trinajstić information content (AvgIpc) is 3.79. The van der Waals surface area contributed by atoms with E-state index < -0.39 is 0 Å². The summed E-state index contributed by atoms with van der Waals surface area (Å²) >= 11 is 0. The second kappa shape index (κ2) is 13.9. The van der Waals surface area contributed by atoms with Gasteiger partial charge in [-0.3, -0.25) is 0 Å². The molecular formula is C57H41NO. The molecule has 0 bridgehead atoms. The van der Waals surface area contributed by atoms with E-state index in [1.807, 2.05) is 12.1 Å². The summed E-state index contributed by atoms with van der Waals surface area (Å²) in [6.45, 7) is 4.68. The van der Waals surface area contributed by atoms with Crippen LogP contribution in [0.25, 0.3) is 77.6 Å². The molecule has 59 heavy (non-hydrogen) atoms. The highest BCUT2D eigenvalue weighted by atomic mass is 16.3. The van der Waals surface area contributed by atoms with E-state index in [-0.39, 0.29) is 5.41 Å². The van der Waals surface area contributed by atoms with Gasteiger partial charge in [0.15, 0.2) is 0 Å². The highest BCUT2D eigenvalue weighted by Gasteiger charge is 2.35. The van der Waals surface area contributed by atoms with Crippen LogP contribution >= 0.6 is 0 Å². The van der Waals surface area contributed by atoms with E-state index in [0.717, 1.165) is 55.7 Å². The highest BCUT2D eigenvalue weighted by Crippen LogP contribution is 2.51. The zero-order valence-corrected chi connectivity index (χ0v) is 33.1. The Hall–Kier alpha value is -7.42. The largest absolute Gasteiger partial charge is 0.455 e. The van der Waals surface area contributed by atoms with Crippen LogP contribution in [0.5, 0.6) is 0 Å². The van der Waals surface area contributed by atoms with Crippen molar-refractivity contribution < 1.29 is 4.42 Å². The Balaban J connectivity index is 1.07. The molecule has 0 unspecified atom stereocenters. The van der Waals surface area contributed by atoms with Gasteiger partial charge in [0.05, 0.1) is 5.69 Å². The van der Waals surface area contributed by atoms with Crippen LogP contribution in [0.3, 0.4) is 0 Å². The summed E-state index contributed by atoms with van der Waals surface area (Å²) in [5.74, 6) is 0. The smallest absolute Gasteiger partial charge is 0.143 e. The van der Waals surface area contributed by atoms with E-state index in [1.165, 1.54) is 50.1 Å². The first-order valence-corrected chi connectivity index (χ1v) is 20.4. The van der Waals surface area contributed by atoms with Crippen LogP contribution in [0.1, 0.15) is 25.0 Å². The van der Waals surface area contributed by atoms with Crippen LogP contribution in [0.4, 0.5) is 17.1 Å². The Bertz CT molecular complexity index is 3190. The third-order valence-corrected chi connectivity index (χ3v) is 12.3. The summed E-state index contributed by atoms with van der Waals surface area (Å²) in [6.07, 6.45) is 0. The van der Waals surface area contributed by atoms with Crippen LogP contribution in [-0.2, 0) is 5.41 Å². The molecule has 2 heteroatoms. The Kier molecular flexibility index (Phi) is 8.20. The molecule has 1 aliphatic rings. The average molecular weight is 756 g/mol. The first-order chi connectivity index (χ1) is 29.0. The lowest BCUT2D eigenvalue weighted by atomic mass is 9.82. The van der Waals surface area contributed by atoms with Gasteiger partial charge in [-0.2, -0.15) is 0 Å². The van der Waals surface area contributed by atoms with Gasteiger partial charge in [-0.25, -0.2) is 0 Å². The lowest BCUT2D eigenvalue weighted by Crippen LogP contribution is -2.14. The third-order valence-electron chi connectivity index (χ3n) is 12.3. The molecular weight excluding hydrogens is 715 g/mol. The summed E-state index contributed by atoms with van der Waals surface area (Å²) in [7, 11) is 0. The number of hydrogen-bond donors (Lipinski definition) is 0. The van der Waals surface area contributed by atoms with Crippen LogP contribution in [0, 0.1) is 0 Å². The molecule has 0 saturated heterocycles. The van der Waals surface area contributed by atoms with Gasteiger partial charge < -0.3 is 9.32 Å². The van der Waals surface area contributed by atoms with Crippen molar-refractivity contribution in [1.29, 1.82) is 0 Å². The normalized spacial score (nSPS) is 12.7. The molecule has 0 atom stereocenters. The molecule has 11 rings (SSSR count). The van der Waals surface area contributed by atoms with Gasteiger partial charge in [-0.1, -0.05) is 184 Å². The Morgan fingerprint density at radius 2 is 0.966 bits per heavy atom. The Morgan fingerprint density at radius 1 is 0.356 bits per heavy atom. The van der Waals surface area contributed by atoms with Crippen LogP contribution in [-0.4, -0.2) is 0 Å². The molecule has 0 N–H and O–H groups in total. The highest BCUT2D eigenvalue weighted by molar-refractivity contribution is 6.09. The number of para-hydroxylation sites is 3. The van der Waals surface area contributed by atoms with Crippen molar-refractivity contribution in [2.24, 2.45) is 0 Å². The zero-order chi connectivity index (χ0) is 39.5. The molecule has 0 aliphatic heterocycles. The van der Waals surface area contributed by atoms with Crippen LogP contribution in [0.2, 0.25) is 0 Å². The van der Waals surface area contributed by atoms with Crippen molar-refractivity contribution >= 4 is 39.0 Å². The molecule has 0 amide bonds. The minimum Gasteiger partial charge on any atom is -0.455 e. The van der Waals surface area contributed by atoms with Gasteiger partial charge in [-0.15, -0.1) is 0 Å². The molecule has 1 aliphatic carbocycles. The number of anilines is 3. The van der Waals surface area contributed by atoms with Crippen molar-refractivity contribution in [3.8, 4) is 55.6 Å². The van der Waals surface area contributed by atoms with Gasteiger partial charge in [-0.05, 0) is 98.1 Å². The van der Waals surface area contributed by atoms with Crippen molar-refractivity contribution in [2.75, 3.05) is 4.90 Å². The van der Waals surface area contributed by atoms with E-state index in [0.29, 0.717) is 0 Å². The van der Waals surface area contributed by atoms with E-state index in [1.54, 1.807) is 0 Å². The summed E-state index contributed by atoms with van der Waals surface area (Å²) in [6, 6.07) is 76.8. The number of hydrogen-bond acceptors (Lipinski definition) is 2. The van der Waals surface area contributed by atoms with Gasteiger partial charge >= 0.3 is 0 Å². The summed E-state index contributed by atoms with van der Waals surface area (Å²) < 4.78 is 6.46. The predicted octanol–water partition coefficient (Wildman–Crippen LogP) is 16.0. The first-order valence-electron chi connectivity index (χ1n) is 20.4. The maximum Gasteiger partial charge on any atom is 0.143 e. The molecule has 1 heterocycles. The van der Waals surface area contributed by atoms with E-state index in [9.17, 15) is 0 Å². The lowest BCUT2D eigenvalue weighted by molar-refractivity contribution is 0.660. The molecule has 10 aromatic rings. The zero-order valence-electron chi connectivity index (χ0n) is 33.1. The number of furan rings is 1. The molecule has 0 spiro atoms. The Morgan fingerprint density at radius 3 is 1.81 bits per heavy atom. The Labute approximate surface area is 345 Å². The second-order valence-corrected chi connectivity index (χ2v) is 16.1. The van der Waals surface area contributed by atoms with Crippen LogP contribution in [0.15, 0.2) is 217 Å². The quantitative estimate of drug-likeness (QED) is 0.161. The number of fused-ring (bicyclic) bond motifs is 6. The maximum absolute atomic E-state index is 6.46. The van der Waals surface area contributed by atoms with E-state index >= 15 is 0 Å². The minimum atomic E-state index is -0.0422. The summed E-state index contributed by atoms with van der Waals surface area (Å²) in [5, 5.41) is 2.27. The summed E-state index contributed by atoms with van der Waals surface area (Å²) in [4.78, 5) is 2.41. The lowest BCUT2D eigenvalue weighted by Gasteiger charge is -2.29. The molecule has 0 saturated carbocycles. The standard InChI is InChI=1S/C57H41NO/c1-57(2)52-27-11-8-22-47(52)51-37-41(32-35-53(51)57)44-20-6-7-21-46(44)48-23-9-12-28-54(48)58(43-19-14-18-40(36-43)38-16-4-3-5-17-38)42-33-30-39(31-34-42)45-25-15-26-50-49-24-10-13-29-55(49)59-56(45)50/h3-37H,1-2H3. The molecule has 2 nitrogen and oxygen atoms in total. The predicted molar refractivity (Wildman–Crippen MR) is 248 cm³/mol.